The summed E-state index contributed by atoms with van der Waals surface area (Å²) in [7, 11) is 0. The lowest BCUT2D eigenvalue weighted by Crippen LogP contribution is -2.08. The second kappa shape index (κ2) is 10.7. The third-order valence-corrected chi connectivity index (χ3v) is 8.15. The molecule has 0 amide bonds. The van der Waals surface area contributed by atoms with Gasteiger partial charge < -0.3 is 33.2 Å². The second-order valence-electron chi connectivity index (χ2n) is 11.6. The van der Waals surface area contributed by atoms with E-state index < -0.39 is 0 Å². The number of ether oxygens (including phenoxy) is 7. The van der Waals surface area contributed by atoms with Crippen molar-refractivity contribution in [2.75, 3.05) is 46.2 Å². The zero-order chi connectivity index (χ0) is 27.2. The molecule has 7 heteroatoms. The van der Waals surface area contributed by atoms with Crippen LogP contribution < -0.4 is 18.9 Å². The van der Waals surface area contributed by atoms with Gasteiger partial charge in [0.2, 0.25) is 0 Å². The highest BCUT2D eigenvalue weighted by Gasteiger charge is 2.27. The van der Waals surface area contributed by atoms with E-state index in [9.17, 15) is 0 Å². The smallest absolute Gasteiger partial charge is 0.123 e. The van der Waals surface area contributed by atoms with Crippen molar-refractivity contribution >= 4 is 21.5 Å². The summed E-state index contributed by atoms with van der Waals surface area (Å²) < 4.78 is 41.2. The molecular weight excluding hydrogens is 520 g/mol. The summed E-state index contributed by atoms with van der Waals surface area (Å²) in [6.45, 7) is 4.70. The van der Waals surface area contributed by atoms with Crippen LogP contribution in [0.2, 0.25) is 0 Å². The van der Waals surface area contributed by atoms with Gasteiger partial charge >= 0.3 is 0 Å². The Kier molecular flexibility index (Phi) is 6.59. The van der Waals surface area contributed by atoms with E-state index in [0.717, 1.165) is 82.1 Å². The average molecular weight is 555 g/mol. The minimum Gasteiger partial charge on any atom is -0.493 e. The zero-order valence-corrected chi connectivity index (χ0v) is 23.0. The molecule has 7 nitrogen and oxygen atoms in total. The summed E-state index contributed by atoms with van der Waals surface area (Å²) >= 11 is 0. The molecule has 3 heterocycles. The van der Waals surface area contributed by atoms with E-state index >= 15 is 0 Å². The van der Waals surface area contributed by atoms with Crippen LogP contribution in [0.4, 0.5) is 0 Å². The zero-order valence-electron chi connectivity index (χ0n) is 23.0. The Morgan fingerprint density at radius 2 is 0.976 bits per heavy atom. The molecule has 0 spiro atoms. The summed E-state index contributed by atoms with van der Waals surface area (Å²) in [6.07, 6.45) is 3.68. The maximum atomic E-state index is 6.48. The first-order valence-electron chi connectivity index (χ1n) is 14.7. The van der Waals surface area contributed by atoms with Gasteiger partial charge in [-0.15, -0.1) is 0 Å². The second-order valence-corrected chi connectivity index (χ2v) is 11.6. The first-order valence-corrected chi connectivity index (χ1v) is 14.7. The van der Waals surface area contributed by atoms with Gasteiger partial charge in [-0.3, -0.25) is 0 Å². The van der Waals surface area contributed by atoms with Crippen molar-refractivity contribution < 1.29 is 33.2 Å². The van der Waals surface area contributed by atoms with Crippen LogP contribution in [0.25, 0.3) is 21.5 Å². The van der Waals surface area contributed by atoms with Gasteiger partial charge in [0, 0.05) is 17.5 Å². The molecule has 3 unspecified atom stereocenters. The molecule has 3 saturated heterocycles. The topological polar surface area (TPSA) is 74.5 Å². The van der Waals surface area contributed by atoms with Crippen molar-refractivity contribution in [3.05, 3.63) is 71.8 Å². The van der Waals surface area contributed by atoms with Gasteiger partial charge in [0.05, 0.1) is 26.4 Å². The van der Waals surface area contributed by atoms with Crippen LogP contribution in [0, 0.1) is 5.92 Å². The van der Waals surface area contributed by atoms with Crippen LogP contribution in [0.15, 0.2) is 60.7 Å². The third-order valence-electron chi connectivity index (χ3n) is 8.15. The van der Waals surface area contributed by atoms with Crippen LogP contribution in [0.3, 0.4) is 0 Å². The normalized spacial score (nSPS) is 22.5. The van der Waals surface area contributed by atoms with E-state index in [1.54, 1.807) is 0 Å². The molecule has 4 aromatic rings. The Bertz CT molecular complexity index is 1440. The molecule has 41 heavy (non-hydrogen) atoms. The van der Waals surface area contributed by atoms with Crippen molar-refractivity contribution in [2.24, 2.45) is 5.92 Å². The predicted octanol–water partition coefficient (Wildman–Crippen LogP) is 5.71. The van der Waals surface area contributed by atoms with Crippen LogP contribution in [-0.2, 0) is 20.6 Å². The fraction of sp³-hybridized carbons (Fsp3) is 0.412. The number of fused-ring (bicyclic) bond motifs is 2. The van der Waals surface area contributed by atoms with Gasteiger partial charge in [0.15, 0.2) is 0 Å². The van der Waals surface area contributed by atoms with Crippen molar-refractivity contribution in [2.45, 2.75) is 37.6 Å². The van der Waals surface area contributed by atoms with Crippen LogP contribution in [-0.4, -0.2) is 64.6 Å². The predicted molar refractivity (Wildman–Crippen MR) is 155 cm³/mol. The van der Waals surface area contributed by atoms with Crippen molar-refractivity contribution in [1.82, 2.24) is 0 Å². The Morgan fingerprint density at radius 3 is 1.44 bits per heavy atom. The van der Waals surface area contributed by atoms with E-state index in [2.05, 4.69) is 48.5 Å². The number of rotatable bonds is 14. The van der Waals surface area contributed by atoms with E-state index in [1.807, 2.05) is 12.1 Å². The molecule has 0 aromatic heterocycles. The molecule has 0 N–H and O–H groups in total. The Labute approximate surface area is 239 Å². The Balaban J connectivity index is 1.21. The van der Waals surface area contributed by atoms with Crippen LogP contribution >= 0.6 is 0 Å². The lowest BCUT2D eigenvalue weighted by molar-refractivity contribution is 0.261. The fourth-order valence-electron chi connectivity index (χ4n) is 5.22. The van der Waals surface area contributed by atoms with E-state index in [4.69, 9.17) is 33.2 Å². The monoisotopic (exact) mass is 554 g/mol. The van der Waals surface area contributed by atoms with E-state index in [1.165, 1.54) is 12.8 Å². The number of benzene rings is 4. The van der Waals surface area contributed by atoms with Gasteiger partial charge in [-0.2, -0.15) is 0 Å². The van der Waals surface area contributed by atoms with E-state index in [0.29, 0.717) is 32.2 Å². The molecular formula is C34H34O7. The number of hydrogen-bond donors (Lipinski definition) is 0. The molecule has 4 aliphatic rings. The third kappa shape index (κ3) is 6.08. The SMILES string of the molecule is c1cc2ccc(OCC3CC3)c(Cc3c(OCC4CO4)ccc4ccc(OCC5CO5)cc34)c2cc1OCC1CO1. The standard InChI is InChI=1S/C34H34O7/c1-2-21(1)14-40-33-9-5-22-3-7-24(35-15-26-17-37-26)11-29(22)31(33)13-32-30-12-25(36-16-27-18-38-27)8-4-23(30)6-10-34(32)41-20-28-19-39-28/h3-12,21,26-28H,1-2,13-20H2. The van der Waals surface area contributed by atoms with Gasteiger partial charge in [0.1, 0.15) is 61.1 Å². The van der Waals surface area contributed by atoms with Crippen molar-refractivity contribution in [3.63, 3.8) is 0 Å². The molecule has 212 valence electrons. The summed E-state index contributed by atoms with van der Waals surface area (Å²) in [6, 6.07) is 21.1. The lowest BCUT2D eigenvalue weighted by Gasteiger charge is -2.19. The summed E-state index contributed by atoms with van der Waals surface area (Å²) in [5.74, 6) is 4.10. The summed E-state index contributed by atoms with van der Waals surface area (Å²) in [5.41, 5.74) is 2.24. The average Bonchev–Trinajstić information content (AvgIpc) is 3.83. The molecule has 0 bridgehead atoms. The van der Waals surface area contributed by atoms with Crippen LogP contribution in [0.5, 0.6) is 23.0 Å². The van der Waals surface area contributed by atoms with E-state index in [-0.39, 0.29) is 18.3 Å². The number of epoxide rings is 3. The highest BCUT2D eigenvalue weighted by Crippen LogP contribution is 2.39. The minimum atomic E-state index is 0.164. The maximum absolute atomic E-state index is 6.48. The van der Waals surface area contributed by atoms with Crippen LogP contribution in [0.1, 0.15) is 24.0 Å². The van der Waals surface area contributed by atoms with Gasteiger partial charge in [-0.25, -0.2) is 0 Å². The van der Waals surface area contributed by atoms with Gasteiger partial charge in [0.25, 0.3) is 0 Å². The molecule has 1 aliphatic carbocycles. The molecule has 0 radical (unpaired) electrons. The first-order chi connectivity index (χ1) is 20.2. The Hall–Kier alpha value is -3.52. The molecule has 1 saturated carbocycles. The maximum Gasteiger partial charge on any atom is 0.123 e. The minimum absolute atomic E-state index is 0.164. The highest BCUT2D eigenvalue weighted by atomic mass is 16.6. The van der Waals surface area contributed by atoms with Crippen molar-refractivity contribution in [1.29, 1.82) is 0 Å². The number of hydrogen-bond acceptors (Lipinski definition) is 7. The molecule has 8 rings (SSSR count). The van der Waals surface area contributed by atoms with Crippen molar-refractivity contribution in [3.8, 4) is 23.0 Å². The quantitative estimate of drug-likeness (QED) is 0.185. The molecule has 3 atom stereocenters. The Morgan fingerprint density at radius 1 is 0.537 bits per heavy atom. The molecule has 4 aromatic carbocycles. The van der Waals surface area contributed by atoms with Gasteiger partial charge in [-0.05, 0) is 76.7 Å². The fourth-order valence-corrected chi connectivity index (χ4v) is 5.22. The molecule has 3 aliphatic heterocycles. The summed E-state index contributed by atoms with van der Waals surface area (Å²) in [4.78, 5) is 0. The van der Waals surface area contributed by atoms with Gasteiger partial charge in [-0.1, -0.05) is 24.3 Å². The highest BCUT2D eigenvalue weighted by molar-refractivity contribution is 5.93. The largest absolute Gasteiger partial charge is 0.493 e. The molecule has 4 fully saturated rings. The first kappa shape index (κ1) is 25.2. The lowest BCUT2D eigenvalue weighted by atomic mass is 9.93. The summed E-state index contributed by atoms with van der Waals surface area (Å²) in [5, 5.41) is 4.52.